The van der Waals surface area contributed by atoms with Crippen LogP contribution in [0.3, 0.4) is 0 Å². The summed E-state index contributed by atoms with van der Waals surface area (Å²) in [4.78, 5) is 12.7. The number of likely N-dealkylation sites (tertiary alicyclic amines) is 1. The second-order valence-corrected chi connectivity index (χ2v) is 9.14. The molecular weight excluding hydrogens is 342 g/mol. The van der Waals surface area contributed by atoms with Gasteiger partial charge in [-0.25, -0.2) is 0 Å². The van der Waals surface area contributed by atoms with Crippen molar-refractivity contribution >= 4 is 5.69 Å². The standard InChI is InChI=1S/C21H25N3O3/c22-9-13-10-24(11-13)19(25)8-21(7-12-1-3-14(23-27)4-2-12)17-6-16-15(17)5-18(21)20(16)26/h1-4,13,15-20,25-26H,5-8,10-11H2/t15?,16?,17?,18?,19-,20?,21?/m1/s1. The van der Waals surface area contributed by atoms with E-state index in [1.807, 2.05) is 17.0 Å². The lowest BCUT2D eigenvalue weighted by Gasteiger charge is -2.58. The summed E-state index contributed by atoms with van der Waals surface area (Å²) in [5.41, 5.74) is 1.45. The van der Waals surface area contributed by atoms with Gasteiger partial charge in [-0.05, 0) is 77.6 Å². The zero-order valence-electron chi connectivity index (χ0n) is 15.2. The van der Waals surface area contributed by atoms with Crippen LogP contribution in [0.4, 0.5) is 5.69 Å². The van der Waals surface area contributed by atoms with Crippen LogP contribution in [0.5, 0.6) is 0 Å². The first-order chi connectivity index (χ1) is 13.1. The third-order valence-corrected chi connectivity index (χ3v) is 8.10. The molecule has 1 aromatic rings. The number of hydrogen-bond donors (Lipinski definition) is 2. The molecule has 3 aliphatic carbocycles. The average Bonchev–Trinajstić information content (AvgIpc) is 2.97. The molecule has 6 nitrogen and oxygen atoms in total. The van der Waals surface area contributed by atoms with Gasteiger partial charge in [-0.1, -0.05) is 12.1 Å². The summed E-state index contributed by atoms with van der Waals surface area (Å²) in [6.07, 6.45) is 2.77. The molecule has 1 saturated heterocycles. The van der Waals surface area contributed by atoms with E-state index in [4.69, 9.17) is 5.26 Å². The van der Waals surface area contributed by atoms with Crippen LogP contribution in [0.2, 0.25) is 0 Å². The molecule has 27 heavy (non-hydrogen) atoms. The Morgan fingerprint density at radius 2 is 1.93 bits per heavy atom. The van der Waals surface area contributed by atoms with Gasteiger partial charge in [0.1, 0.15) is 11.9 Å². The Morgan fingerprint density at radius 1 is 1.22 bits per heavy atom. The number of benzene rings is 1. The fraction of sp³-hybridized carbons (Fsp3) is 0.667. The van der Waals surface area contributed by atoms with Gasteiger partial charge in [-0.15, -0.1) is 4.91 Å². The molecule has 5 rings (SSSR count). The molecule has 0 radical (unpaired) electrons. The SMILES string of the molecule is N#CC1CN([C@H](O)CC2(Cc3ccc(N=O)cc3)C3CC4C(CC42)C3O)C1. The molecule has 0 aromatic heterocycles. The second kappa shape index (κ2) is 6.10. The van der Waals surface area contributed by atoms with E-state index in [0.29, 0.717) is 43.0 Å². The van der Waals surface area contributed by atoms with Crippen LogP contribution in [0.25, 0.3) is 0 Å². The van der Waals surface area contributed by atoms with Gasteiger partial charge in [0.15, 0.2) is 0 Å². The summed E-state index contributed by atoms with van der Waals surface area (Å²) in [6, 6.07) is 9.66. The van der Waals surface area contributed by atoms with Gasteiger partial charge in [-0.2, -0.15) is 5.26 Å². The van der Waals surface area contributed by atoms with Crippen LogP contribution in [-0.2, 0) is 6.42 Å². The highest BCUT2D eigenvalue weighted by atomic mass is 16.3. The van der Waals surface area contributed by atoms with E-state index in [9.17, 15) is 15.1 Å². The molecule has 1 heterocycles. The molecular formula is C21H25N3O3. The first-order valence-electron chi connectivity index (χ1n) is 9.98. The first kappa shape index (κ1) is 17.3. The second-order valence-electron chi connectivity index (χ2n) is 9.14. The van der Waals surface area contributed by atoms with Crippen molar-refractivity contribution in [1.29, 1.82) is 5.26 Å². The Bertz CT molecular complexity index is 783. The Morgan fingerprint density at radius 3 is 2.52 bits per heavy atom. The van der Waals surface area contributed by atoms with Crippen LogP contribution in [0, 0.1) is 51.2 Å². The highest BCUT2D eigenvalue weighted by Gasteiger charge is 2.71. The van der Waals surface area contributed by atoms with E-state index in [-0.39, 0.29) is 23.4 Å². The van der Waals surface area contributed by atoms with Gasteiger partial charge in [0.05, 0.1) is 18.1 Å². The molecule has 6 heteroatoms. The van der Waals surface area contributed by atoms with Crippen molar-refractivity contribution in [3.8, 4) is 6.07 Å². The van der Waals surface area contributed by atoms with Crippen molar-refractivity contribution in [3.63, 3.8) is 0 Å². The van der Waals surface area contributed by atoms with E-state index in [0.717, 1.165) is 24.8 Å². The lowest BCUT2D eigenvalue weighted by atomic mass is 9.48. The molecule has 1 aromatic carbocycles. The summed E-state index contributed by atoms with van der Waals surface area (Å²) >= 11 is 0. The smallest absolute Gasteiger partial charge is 0.108 e. The van der Waals surface area contributed by atoms with Crippen LogP contribution in [-0.4, -0.2) is 40.5 Å². The lowest BCUT2D eigenvalue weighted by molar-refractivity contribution is -0.165. The van der Waals surface area contributed by atoms with Crippen molar-refractivity contribution < 1.29 is 10.2 Å². The van der Waals surface area contributed by atoms with Crippen LogP contribution >= 0.6 is 0 Å². The van der Waals surface area contributed by atoms with Crippen molar-refractivity contribution in [2.75, 3.05) is 13.1 Å². The van der Waals surface area contributed by atoms with Gasteiger partial charge in [0, 0.05) is 13.1 Å². The Labute approximate surface area is 158 Å². The highest BCUT2D eigenvalue weighted by molar-refractivity contribution is 5.39. The number of aliphatic hydroxyl groups excluding tert-OH is 2. The Balaban J connectivity index is 1.40. The minimum absolute atomic E-state index is 0.0256. The largest absolute Gasteiger partial charge is 0.393 e. The molecule has 142 valence electrons. The Hall–Kier alpha value is -1.81. The molecule has 6 unspecified atom stereocenters. The maximum atomic E-state index is 10.9. The third-order valence-electron chi connectivity index (χ3n) is 8.10. The number of rotatable bonds is 6. The number of nitriles is 1. The molecule has 0 spiro atoms. The minimum Gasteiger partial charge on any atom is -0.393 e. The summed E-state index contributed by atoms with van der Waals surface area (Å²) in [7, 11) is 0. The van der Waals surface area contributed by atoms with Gasteiger partial charge < -0.3 is 10.2 Å². The van der Waals surface area contributed by atoms with Crippen LogP contribution in [0.15, 0.2) is 29.4 Å². The number of nitrogens with zero attached hydrogens (tertiary/aromatic N) is 3. The molecule has 0 amide bonds. The highest BCUT2D eigenvalue weighted by Crippen LogP contribution is 2.73. The molecule has 4 aliphatic rings. The van der Waals surface area contributed by atoms with E-state index in [1.165, 1.54) is 0 Å². The molecule has 4 fully saturated rings. The monoisotopic (exact) mass is 367 g/mol. The molecule has 3 saturated carbocycles. The summed E-state index contributed by atoms with van der Waals surface area (Å²) in [5.74, 6) is 1.87. The predicted octanol–water partition coefficient (Wildman–Crippen LogP) is 2.42. The minimum atomic E-state index is -0.559. The predicted molar refractivity (Wildman–Crippen MR) is 98.5 cm³/mol. The fourth-order valence-corrected chi connectivity index (χ4v) is 6.72. The molecule has 2 N–H and O–H groups in total. The van der Waals surface area contributed by atoms with E-state index in [2.05, 4.69) is 11.2 Å². The topological polar surface area (TPSA) is 96.9 Å². The van der Waals surface area contributed by atoms with E-state index >= 15 is 0 Å². The maximum absolute atomic E-state index is 10.9. The van der Waals surface area contributed by atoms with Gasteiger partial charge in [0.25, 0.3) is 0 Å². The van der Waals surface area contributed by atoms with Crippen LogP contribution < -0.4 is 0 Å². The normalized spacial score (nSPS) is 40.9. The zero-order valence-corrected chi connectivity index (χ0v) is 15.2. The summed E-state index contributed by atoms with van der Waals surface area (Å²) in [6.45, 7) is 1.27. The molecule has 2 bridgehead atoms. The third kappa shape index (κ3) is 2.42. The van der Waals surface area contributed by atoms with E-state index in [1.54, 1.807) is 12.1 Å². The number of fused-ring (bicyclic) bond motifs is 1. The van der Waals surface area contributed by atoms with Gasteiger partial charge >= 0.3 is 0 Å². The van der Waals surface area contributed by atoms with Crippen molar-refractivity contribution in [2.24, 2.45) is 40.2 Å². The average molecular weight is 367 g/mol. The van der Waals surface area contributed by atoms with Gasteiger partial charge in [0.2, 0.25) is 0 Å². The fourth-order valence-electron chi connectivity index (χ4n) is 6.72. The number of aliphatic hydroxyl groups is 2. The molecule has 7 atom stereocenters. The van der Waals surface area contributed by atoms with Crippen molar-refractivity contribution in [2.45, 2.75) is 38.0 Å². The molecule has 1 aliphatic heterocycles. The van der Waals surface area contributed by atoms with Crippen LogP contribution in [0.1, 0.15) is 24.8 Å². The van der Waals surface area contributed by atoms with Crippen molar-refractivity contribution in [3.05, 3.63) is 34.7 Å². The van der Waals surface area contributed by atoms with Crippen molar-refractivity contribution in [1.82, 2.24) is 4.90 Å². The zero-order chi connectivity index (χ0) is 18.8. The lowest BCUT2D eigenvalue weighted by Crippen LogP contribution is -2.59. The first-order valence-corrected chi connectivity index (χ1v) is 9.98. The Kier molecular flexibility index (Phi) is 3.91. The summed E-state index contributed by atoms with van der Waals surface area (Å²) < 4.78 is 0. The van der Waals surface area contributed by atoms with Gasteiger partial charge in [-0.3, -0.25) is 4.90 Å². The quantitative estimate of drug-likeness (QED) is 0.753. The number of hydrogen-bond acceptors (Lipinski definition) is 6. The van der Waals surface area contributed by atoms with E-state index < -0.39 is 6.23 Å². The number of nitroso groups, excluding NO2 is 1. The maximum Gasteiger partial charge on any atom is 0.108 e. The summed E-state index contributed by atoms with van der Waals surface area (Å²) in [5, 5.41) is 33.7.